The molecule has 194 valence electrons. The molecule has 5 heteroatoms. The van der Waals surface area contributed by atoms with Crippen LogP contribution in [0.25, 0.3) is 0 Å². The number of amides is 1. The lowest BCUT2D eigenvalue weighted by atomic mass is 9.84. The Hall–Kier alpha value is -2.27. The molecule has 2 aliphatic heterocycles. The van der Waals surface area contributed by atoms with Crippen LogP contribution in [-0.2, 0) is 13.0 Å². The molecule has 0 unspecified atom stereocenters. The van der Waals surface area contributed by atoms with Crippen LogP contribution < -0.4 is 4.74 Å². The second-order valence-corrected chi connectivity index (χ2v) is 11.4. The number of phenols is 1. The first kappa shape index (κ1) is 27.3. The van der Waals surface area contributed by atoms with Gasteiger partial charge in [-0.3, -0.25) is 4.79 Å². The van der Waals surface area contributed by atoms with Crippen molar-refractivity contribution >= 4 is 5.91 Å². The van der Waals surface area contributed by atoms with Gasteiger partial charge in [0.25, 0.3) is 5.91 Å². The number of carbonyl (C=O) groups is 1. The second-order valence-electron chi connectivity index (χ2n) is 11.4. The third-order valence-corrected chi connectivity index (χ3v) is 7.45. The van der Waals surface area contributed by atoms with Gasteiger partial charge >= 0.3 is 0 Å². The second kappa shape index (κ2) is 11.6. The first-order chi connectivity index (χ1) is 16.5. The van der Waals surface area contributed by atoms with Crippen molar-refractivity contribution in [3.63, 3.8) is 0 Å². The van der Waals surface area contributed by atoms with Gasteiger partial charge in [-0.1, -0.05) is 50.0 Å². The summed E-state index contributed by atoms with van der Waals surface area (Å²) in [6, 6.07) is 1.57. The molecule has 0 saturated heterocycles. The maximum atomic E-state index is 13.1. The predicted molar refractivity (Wildman–Crippen MR) is 142 cm³/mol. The fraction of sp³-hybridized carbons (Fsp3) is 0.633. The van der Waals surface area contributed by atoms with Crippen molar-refractivity contribution in [3.05, 3.63) is 46.1 Å². The SMILES string of the molecule is CC(C)=CCC/C(C)=C/CC[C@]1(C)Oc2c(c(O)cc3c2CN(CCCCC(C)C)C3=O)C[C@@H]1O. The van der Waals surface area contributed by atoms with E-state index in [4.69, 9.17) is 4.74 Å². The number of carbonyl (C=O) groups excluding carboxylic acids is 1. The van der Waals surface area contributed by atoms with E-state index in [9.17, 15) is 15.0 Å². The molecule has 2 N–H and O–H groups in total. The van der Waals surface area contributed by atoms with Crippen LogP contribution in [-0.4, -0.2) is 39.3 Å². The molecule has 0 aromatic heterocycles. The molecule has 2 atom stereocenters. The van der Waals surface area contributed by atoms with Crippen molar-refractivity contribution in [2.45, 2.75) is 111 Å². The van der Waals surface area contributed by atoms with E-state index in [0.29, 0.717) is 48.7 Å². The first-order valence-electron chi connectivity index (χ1n) is 13.3. The summed E-state index contributed by atoms with van der Waals surface area (Å²) in [6.45, 7) is 14.0. The quantitative estimate of drug-likeness (QED) is 0.271. The van der Waals surface area contributed by atoms with E-state index < -0.39 is 11.7 Å². The fourth-order valence-electron chi connectivity index (χ4n) is 5.09. The van der Waals surface area contributed by atoms with Crippen LogP contribution in [0.15, 0.2) is 29.4 Å². The number of ether oxygens (including phenoxy) is 1. The minimum absolute atomic E-state index is 0.0333. The van der Waals surface area contributed by atoms with Crippen LogP contribution >= 0.6 is 0 Å². The summed E-state index contributed by atoms with van der Waals surface area (Å²) in [4.78, 5) is 14.9. The van der Waals surface area contributed by atoms with Gasteiger partial charge in [0.1, 0.15) is 17.1 Å². The Morgan fingerprint density at radius 2 is 1.94 bits per heavy atom. The molecular weight excluding hydrogens is 438 g/mol. The third-order valence-electron chi connectivity index (χ3n) is 7.45. The molecular formula is C30H45NO4. The minimum atomic E-state index is -0.765. The summed E-state index contributed by atoms with van der Waals surface area (Å²) in [5.41, 5.74) is 3.94. The number of allylic oxidation sites excluding steroid dienone is 4. The third kappa shape index (κ3) is 6.69. The molecule has 2 heterocycles. The number of aromatic hydroxyl groups is 1. The normalized spacial score (nSPS) is 21.7. The Morgan fingerprint density at radius 3 is 2.63 bits per heavy atom. The van der Waals surface area contributed by atoms with Gasteiger partial charge in [0.05, 0.1) is 18.2 Å². The Morgan fingerprint density at radius 1 is 1.20 bits per heavy atom. The standard InChI is InChI=1S/C30H45NO4/c1-20(2)11-7-8-16-31-19-25-23(29(31)34)17-26(32)24-18-27(33)30(6,35-28(24)25)15-10-14-22(5)13-9-12-21(3)4/h12,14,17,20,27,32-33H,7-11,13,15-16,18-19H2,1-6H3/b22-14+/t27-,30-/m0/s1. The largest absolute Gasteiger partial charge is 0.508 e. The summed E-state index contributed by atoms with van der Waals surface area (Å²) in [6.07, 6.45) is 10.9. The van der Waals surface area contributed by atoms with Crippen LogP contribution in [0.4, 0.5) is 0 Å². The number of unbranched alkanes of at least 4 members (excludes halogenated alkanes) is 1. The minimum Gasteiger partial charge on any atom is -0.508 e. The van der Waals surface area contributed by atoms with E-state index in [0.717, 1.165) is 44.1 Å². The van der Waals surface area contributed by atoms with Crippen molar-refractivity contribution in [3.8, 4) is 11.5 Å². The maximum absolute atomic E-state index is 13.1. The van der Waals surface area contributed by atoms with Crippen LogP contribution in [0.2, 0.25) is 0 Å². The molecule has 1 aromatic carbocycles. The molecule has 0 saturated carbocycles. The number of hydrogen-bond donors (Lipinski definition) is 2. The lowest BCUT2D eigenvalue weighted by molar-refractivity contribution is -0.0599. The van der Waals surface area contributed by atoms with E-state index in [-0.39, 0.29) is 11.7 Å². The Bertz CT molecular complexity index is 973. The number of aliphatic hydroxyl groups excluding tert-OH is 1. The molecule has 5 nitrogen and oxygen atoms in total. The van der Waals surface area contributed by atoms with Crippen molar-refractivity contribution in [2.75, 3.05) is 6.54 Å². The summed E-state index contributed by atoms with van der Waals surface area (Å²) in [5.74, 6) is 1.29. The number of aliphatic hydroxyl groups is 1. The zero-order valence-corrected chi connectivity index (χ0v) is 22.6. The highest BCUT2D eigenvalue weighted by atomic mass is 16.5. The Balaban J connectivity index is 1.71. The number of nitrogens with zero attached hydrogens (tertiary/aromatic N) is 1. The summed E-state index contributed by atoms with van der Waals surface area (Å²) in [7, 11) is 0. The van der Waals surface area contributed by atoms with Gasteiger partial charge in [-0.05, 0) is 71.8 Å². The summed E-state index contributed by atoms with van der Waals surface area (Å²) < 4.78 is 6.48. The summed E-state index contributed by atoms with van der Waals surface area (Å²) in [5, 5.41) is 21.6. The molecule has 0 bridgehead atoms. The van der Waals surface area contributed by atoms with E-state index in [1.54, 1.807) is 6.07 Å². The number of hydrogen-bond acceptors (Lipinski definition) is 4. The van der Waals surface area contributed by atoms with Crippen LogP contribution in [0, 0.1) is 5.92 Å². The lowest BCUT2D eigenvalue weighted by Gasteiger charge is -2.40. The average molecular weight is 484 g/mol. The molecule has 2 aliphatic rings. The highest BCUT2D eigenvalue weighted by molar-refractivity contribution is 6.00. The van der Waals surface area contributed by atoms with Crippen molar-refractivity contribution in [1.29, 1.82) is 0 Å². The van der Waals surface area contributed by atoms with Gasteiger partial charge in [-0.15, -0.1) is 0 Å². The van der Waals surface area contributed by atoms with Crippen LogP contribution in [0.1, 0.15) is 108 Å². The molecule has 0 spiro atoms. The van der Waals surface area contributed by atoms with Crippen molar-refractivity contribution in [1.82, 2.24) is 4.90 Å². The zero-order chi connectivity index (χ0) is 25.8. The van der Waals surface area contributed by atoms with Gasteiger partial charge in [0.2, 0.25) is 0 Å². The highest BCUT2D eigenvalue weighted by Crippen LogP contribution is 2.46. The van der Waals surface area contributed by atoms with Crippen molar-refractivity contribution < 1.29 is 19.7 Å². The lowest BCUT2D eigenvalue weighted by Crippen LogP contribution is -2.49. The molecule has 1 amide bonds. The van der Waals surface area contributed by atoms with Gasteiger partial charge < -0.3 is 19.8 Å². The summed E-state index contributed by atoms with van der Waals surface area (Å²) >= 11 is 0. The monoisotopic (exact) mass is 483 g/mol. The van der Waals surface area contributed by atoms with Crippen LogP contribution in [0.3, 0.4) is 0 Å². The van der Waals surface area contributed by atoms with E-state index >= 15 is 0 Å². The molecule has 3 rings (SSSR count). The van der Waals surface area contributed by atoms with E-state index in [1.165, 1.54) is 11.1 Å². The van der Waals surface area contributed by atoms with E-state index in [1.807, 2.05) is 11.8 Å². The maximum Gasteiger partial charge on any atom is 0.254 e. The number of phenolic OH excluding ortho intramolecular Hbond substituents is 1. The zero-order valence-electron chi connectivity index (χ0n) is 22.6. The molecule has 0 radical (unpaired) electrons. The predicted octanol–water partition coefficient (Wildman–Crippen LogP) is 6.70. The highest BCUT2D eigenvalue weighted by Gasteiger charge is 2.44. The van der Waals surface area contributed by atoms with Crippen molar-refractivity contribution in [2.24, 2.45) is 5.92 Å². The fourth-order valence-corrected chi connectivity index (χ4v) is 5.09. The molecule has 1 aromatic rings. The van der Waals surface area contributed by atoms with Crippen LogP contribution in [0.5, 0.6) is 11.5 Å². The number of rotatable bonds is 11. The molecule has 0 aliphatic carbocycles. The van der Waals surface area contributed by atoms with Gasteiger partial charge in [0.15, 0.2) is 0 Å². The average Bonchev–Trinajstić information content (AvgIpc) is 3.08. The first-order valence-corrected chi connectivity index (χ1v) is 13.3. The smallest absolute Gasteiger partial charge is 0.254 e. The Labute approximate surface area is 211 Å². The van der Waals surface area contributed by atoms with Gasteiger partial charge in [-0.25, -0.2) is 0 Å². The number of fused-ring (bicyclic) bond motifs is 3. The molecule has 0 fully saturated rings. The molecule has 35 heavy (non-hydrogen) atoms. The van der Waals surface area contributed by atoms with E-state index in [2.05, 4.69) is 46.8 Å². The van der Waals surface area contributed by atoms with Gasteiger partial charge in [-0.2, -0.15) is 0 Å². The number of benzene rings is 1. The Kier molecular flexibility index (Phi) is 9.09. The topological polar surface area (TPSA) is 70.0 Å². The van der Waals surface area contributed by atoms with Gasteiger partial charge in [0, 0.05) is 24.1 Å².